The molecule has 1 aliphatic rings. The molecule has 0 bridgehead atoms. The number of rotatable bonds is 5. The molecule has 1 aromatic rings. The first-order chi connectivity index (χ1) is 11.4. The van der Waals surface area contributed by atoms with E-state index in [0.717, 1.165) is 34.4 Å². The van der Waals surface area contributed by atoms with E-state index in [1.165, 1.54) is 7.11 Å². The Hall–Kier alpha value is -2.63. The standard InChI is InChI=1S/C18H22N2O4/c1-5-12-11(3)18(23)20-15(12)8-14-10(2)13(16(9-21)19-14)6-7-17(22)24-4/h5,8-9,11,19H,6-7H2,1-4H3,(H,20,23)/b12-5+,15-8+/t11-/m1/s1. The number of hydrogen-bond acceptors (Lipinski definition) is 4. The first-order valence-corrected chi connectivity index (χ1v) is 7.85. The normalized spacial score (nSPS) is 20.5. The van der Waals surface area contributed by atoms with E-state index in [1.54, 1.807) is 0 Å². The van der Waals surface area contributed by atoms with Gasteiger partial charge in [-0.25, -0.2) is 0 Å². The number of aromatic amines is 1. The molecule has 1 atom stereocenters. The van der Waals surface area contributed by atoms with Gasteiger partial charge in [0.25, 0.3) is 0 Å². The zero-order chi connectivity index (χ0) is 17.9. The molecule has 6 heteroatoms. The van der Waals surface area contributed by atoms with Crippen molar-refractivity contribution in [3.8, 4) is 0 Å². The average molecular weight is 330 g/mol. The van der Waals surface area contributed by atoms with E-state index in [0.29, 0.717) is 12.1 Å². The molecule has 1 aromatic heterocycles. The molecular formula is C18H22N2O4. The number of ether oxygens (including phenoxy) is 1. The molecule has 0 spiro atoms. The quantitative estimate of drug-likeness (QED) is 0.640. The summed E-state index contributed by atoms with van der Waals surface area (Å²) in [6.45, 7) is 5.63. The highest BCUT2D eigenvalue weighted by molar-refractivity contribution is 5.91. The Morgan fingerprint density at radius 2 is 2.04 bits per heavy atom. The van der Waals surface area contributed by atoms with Crippen molar-refractivity contribution in [2.24, 2.45) is 5.92 Å². The van der Waals surface area contributed by atoms with Crippen molar-refractivity contribution in [3.63, 3.8) is 0 Å². The van der Waals surface area contributed by atoms with Gasteiger partial charge >= 0.3 is 5.97 Å². The van der Waals surface area contributed by atoms with Gasteiger partial charge in [-0.15, -0.1) is 0 Å². The van der Waals surface area contributed by atoms with Crippen LogP contribution in [0.5, 0.6) is 0 Å². The van der Waals surface area contributed by atoms with Gasteiger partial charge in [-0.05, 0) is 50.0 Å². The van der Waals surface area contributed by atoms with Crippen LogP contribution >= 0.6 is 0 Å². The first kappa shape index (κ1) is 17.7. The fraction of sp³-hybridized carbons (Fsp3) is 0.389. The lowest BCUT2D eigenvalue weighted by molar-refractivity contribution is -0.140. The summed E-state index contributed by atoms with van der Waals surface area (Å²) in [4.78, 5) is 37.6. The molecule has 24 heavy (non-hydrogen) atoms. The minimum absolute atomic E-state index is 0.0416. The van der Waals surface area contributed by atoms with Crippen LogP contribution in [0, 0.1) is 12.8 Å². The minimum atomic E-state index is -0.319. The van der Waals surface area contributed by atoms with E-state index in [2.05, 4.69) is 15.0 Å². The van der Waals surface area contributed by atoms with Gasteiger partial charge in [0, 0.05) is 17.8 Å². The van der Waals surface area contributed by atoms with Gasteiger partial charge in [0.1, 0.15) is 0 Å². The van der Waals surface area contributed by atoms with Crippen LogP contribution < -0.4 is 5.32 Å². The molecule has 2 N–H and O–H groups in total. The number of methoxy groups -OCH3 is 1. The molecule has 2 heterocycles. The van der Waals surface area contributed by atoms with Crippen LogP contribution in [0.2, 0.25) is 0 Å². The van der Waals surface area contributed by atoms with Gasteiger partial charge in [-0.1, -0.05) is 6.08 Å². The Bertz CT molecular complexity index is 740. The molecule has 0 aliphatic carbocycles. The van der Waals surface area contributed by atoms with Gasteiger partial charge in [0.05, 0.1) is 18.7 Å². The van der Waals surface area contributed by atoms with Crippen molar-refractivity contribution in [1.29, 1.82) is 0 Å². The van der Waals surface area contributed by atoms with Gasteiger partial charge in [-0.3, -0.25) is 14.4 Å². The van der Waals surface area contributed by atoms with Gasteiger partial charge in [0.15, 0.2) is 6.29 Å². The zero-order valence-corrected chi connectivity index (χ0v) is 14.4. The highest BCUT2D eigenvalue weighted by Gasteiger charge is 2.29. The monoisotopic (exact) mass is 330 g/mol. The number of hydrogen-bond donors (Lipinski definition) is 2. The molecule has 1 saturated heterocycles. The minimum Gasteiger partial charge on any atom is -0.469 e. The van der Waals surface area contributed by atoms with Gasteiger partial charge < -0.3 is 15.0 Å². The van der Waals surface area contributed by atoms with Crippen molar-refractivity contribution in [2.75, 3.05) is 7.11 Å². The molecule has 6 nitrogen and oxygen atoms in total. The van der Waals surface area contributed by atoms with Crippen molar-refractivity contribution < 1.29 is 19.1 Å². The molecule has 0 saturated carbocycles. The maximum atomic E-state index is 11.9. The van der Waals surface area contributed by atoms with Crippen LogP contribution in [0.4, 0.5) is 0 Å². The summed E-state index contributed by atoms with van der Waals surface area (Å²) in [5, 5.41) is 2.86. The van der Waals surface area contributed by atoms with Crippen LogP contribution in [0.1, 0.15) is 47.6 Å². The van der Waals surface area contributed by atoms with E-state index in [9.17, 15) is 14.4 Å². The fourth-order valence-corrected chi connectivity index (χ4v) is 2.93. The van der Waals surface area contributed by atoms with E-state index < -0.39 is 0 Å². The zero-order valence-electron chi connectivity index (χ0n) is 14.4. The average Bonchev–Trinajstić information content (AvgIpc) is 3.02. The number of esters is 1. The highest BCUT2D eigenvalue weighted by Crippen LogP contribution is 2.29. The summed E-state index contributed by atoms with van der Waals surface area (Å²) in [5.41, 5.74) is 4.54. The van der Waals surface area contributed by atoms with Crippen LogP contribution in [-0.2, 0) is 20.7 Å². The molecule has 128 valence electrons. The number of carbonyl (C=O) groups is 3. The first-order valence-electron chi connectivity index (χ1n) is 7.85. The molecular weight excluding hydrogens is 308 g/mol. The van der Waals surface area contributed by atoms with Crippen molar-refractivity contribution in [3.05, 3.63) is 39.9 Å². The third-order valence-corrected chi connectivity index (χ3v) is 4.40. The molecule has 1 amide bonds. The van der Waals surface area contributed by atoms with Gasteiger partial charge in [-0.2, -0.15) is 0 Å². The lowest BCUT2D eigenvalue weighted by atomic mass is 10.0. The van der Waals surface area contributed by atoms with Crippen molar-refractivity contribution in [2.45, 2.75) is 33.6 Å². The number of nitrogens with one attached hydrogen (secondary N) is 2. The van der Waals surface area contributed by atoms with E-state index in [1.807, 2.05) is 32.9 Å². The Balaban J connectivity index is 2.37. The molecule has 1 aliphatic heterocycles. The van der Waals surface area contributed by atoms with Crippen LogP contribution in [0.3, 0.4) is 0 Å². The molecule has 2 rings (SSSR count). The Kier molecular flexibility index (Phi) is 5.39. The molecule has 0 radical (unpaired) electrons. The summed E-state index contributed by atoms with van der Waals surface area (Å²) >= 11 is 0. The summed E-state index contributed by atoms with van der Waals surface area (Å²) in [6, 6.07) is 0. The second-order valence-electron chi connectivity index (χ2n) is 5.76. The highest BCUT2D eigenvalue weighted by atomic mass is 16.5. The predicted octanol–water partition coefficient (Wildman–Crippen LogP) is 2.29. The predicted molar refractivity (Wildman–Crippen MR) is 90.3 cm³/mol. The van der Waals surface area contributed by atoms with E-state index >= 15 is 0 Å². The number of carbonyl (C=O) groups excluding carboxylic acids is 3. The SMILES string of the molecule is C/C=C1/C(=C\c2[nH]c(C=O)c(CCC(=O)OC)c2C)NC(=O)[C@@H]1C. The lowest BCUT2D eigenvalue weighted by Gasteiger charge is -2.03. The Morgan fingerprint density at radius 1 is 1.33 bits per heavy atom. The van der Waals surface area contributed by atoms with Gasteiger partial charge in [0.2, 0.25) is 5.91 Å². The van der Waals surface area contributed by atoms with E-state index in [-0.39, 0.29) is 24.2 Å². The lowest BCUT2D eigenvalue weighted by Crippen LogP contribution is -2.16. The topological polar surface area (TPSA) is 88.3 Å². The maximum Gasteiger partial charge on any atom is 0.305 e. The summed E-state index contributed by atoms with van der Waals surface area (Å²) in [6.07, 6.45) is 5.12. The summed E-state index contributed by atoms with van der Waals surface area (Å²) < 4.78 is 4.65. The number of aldehydes is 1. The molecule has 0 unspecified atom stereocenters. The number of amides is 1. The third-order valence-electron chi connectivity index (χ3n) is 4.40. The van der Waals surface area contributed by atoms with Crippen molar-refractivity contribution in [1.82, 2.24) is 10.3 Å². The second-order valence-corrected chi connectivity index (χ2v) is 5.76. The van der Waals surface area contributed by atoms with Crippen molar-refractivity contribution >= 4 is 24.2 Å². The maximum absolute atomic E-state index is 11.9. The smallest absolute Gasteiger partial charge is 0.305 e. The number of aromatic nitrogens is 1. The molecule has 1 fully saturated rings. The summed E-state index contributed by atoms with van der Waals surface area (Å²) in [5.74, 6) is -0.554. The van der Waals surface area contributed by atoms with Crippen LogP contribution in [0.15, 0.2) is 17.3 Å². The fourth-order valence-electron chi connectivity index (χ4n) is 2.93. The van der Waals surface area contributed by atoms with Crippen LogP contribution in [0.25, 0.3) is 6.08 Å². The second kappa shape index (κ2) is 7.29. The molecule has 0 aromatic carbocycles. The largest absolute Gasteiger partial charge is 0.469 e. The number of H-pyrrole nitrogens is 1. The van der Waals surface area contributed by atoms with Crippen LogP contribution in [-0.4, -0.2) is 30.3 Å². The Morgan fingerprint density at radius 3 is 2.62 bits per heavy atom. The number of allylic oxidation sites excluding steroid dienone is 2. The van der Waals surface area contributed by atoms with E-state index in [4.69, 9.17) is 0 Å². The summed E-state index contributed by atoms with van der Waals surface area (Å²) in [7, 11) is 1.34. The Labute approximate surface area is 141 Å². The third kappa shape index (κ3) is 3.32.